The summed E-state index contributed by atoms with van der Waals surface area (Å²) in [5.41, 5.74) is 3.77. The molecule has 0 atom stereocenters. The highest BCUT2D eigenvalue weighted by molar-refractivity contribution is 5.62. The summed E-state index contributed by atoms with van der Waals surface area (Å²) in [6.07, 6.45) is 7.11. The number of rotatable bonds is 3. The van der Waals surface area contributed by atoms with Gasteiger partial charge in [0, 0.05) is 12.4 Å². The summed E-state index contributed by atoms with van der Waals surface area (Å²) >= 11 is 0. The Morgan fingerprint density at radius 2 is 1.25 bits per heavy atom. The van der Waals surface area contributed by atoms with Crippen LogP contribution >= 0.6 is 0 Å². The lowest BCUT2D eigenvalue weighted by Crippen LogP contribution is -1.88. The third-order valence-electron chi connectivity index (χ3n) is 2.30. The number of hydrogen-bond acceptors (Lipinski definition) is 2. The summed E-state index contributed by atoms with van der Waals surface area (Å²) in [6.45, 7) is 7.47. The predicted octanol–water partition coefficient (Wildman–Crippen LogP) is 3.43. The van der Waals surface area contributed by atoms with E-state index in [9.17, 15) is 0 Å². The third-order valence-corrected chi connectivity index (χ3v) is 2.30. The zero-order valence-electron chi connectivity index (χ0n) is 8.93. The molecule has 78 valence electrons. The van der Waals surface area contributed by atoms with Gasteiger partial charge in [-0.25, -0.2) is 0 Å². The van der Waals surface area contributed by atoms with E-state index in [0.29, 0.717) is 0 Å². The second-order valence-electron chi connectivity index (χ2n) is 3.36. The lowest BCUT2D eigenvalue weighted by atomic mass is 10.1. The summed E-state index contributed by atoms with van der Waals surface area (Å²) in [6, 6.07) is 7.74. The number of pyridine rings is 2. The Morgan fingerprint density at radius 3 is 1.62 bits per heavy atom. The molecule has 0 spiro atoms. The van der Waals surface area contributed by atoms with Gasteiger partial charge in [0.15, 0.2) is 0 Å². The van der Waals surface area contributed by atoms with Crippen LogP contribution in [0.4, 0.5) is 0 Å². The van der Waals surface area contributed by atoms with Crippen molar-refractivity contribution in [3.63, 3.8) is 0 Å². The topological polar surface area (TPSA) is 25.8 Å². The van der Waals surface area contributed by atoms with Crippen LogP contribution in [0.3, 0.4) is 0 Å². The second kappa shape index (κ2) is 4.53. The van der Waals surface area contributed by atoms with Gasteiger partial charge in [0.1, 0.15) is 0 Å². The molecular weight excluding hydrogens is 196 g/mol. The number of nitrogens with zero attached hydrogens (tertiary/aromatic N) is 2. The molecule has 0 unspecified atom stereocenters. The van der Waals surface area contributed by atoms with E-state index in [0.717, 1.165) is 22.5 Å². The predicted molar refractivity (Wildman–Crippen MR) is 67.7 cm³/mol. The smallest absolute Gasteiger partial charge is 0.0892 e. The van der Waals surface area contributed by atoms with Crippen molar-refractivity contribution in [3.05, 3.63) is 60.9 Å². The summed E-state index contributed by atoms with van der Waals surface area (Å²) < 4.78 is 0. The molecule has 0 N–H and O–H groups in total. The van der Waals surface area contributed by atoms with Crippen LogP contribution in [0.15, 0.2) is 49.8 Å². The van der Waals surface area contributed by atoms with Crippen molar-refractivity contribution in [2.45, 2.75) is 0 Å². The Kier molecular flexibility index (Phi) is 2.92. The van der Waals surface area contributed by atoms with Crippen molar-refractivity contribution in [1.82, 2.24) is 9.97 Å². The molecular formula is C14H12N2. The molecule has 2 aromatic heterocycles. The minimum Gasteiger partial charge on any atom is -0.255 e. The highest BCUT2D eigenvalue weighted by Crippen LogP contribution is 2.17. The van der Waals surface area contributed by atoms with Crippen LogP contribution < -0.4 is 0 Å². The van der Waals surface area contributed by atoms with Gasteiger partial charge < -0.3 is 0 Å². The van der Waals surface area contributed by atoms with Crippen LogP contribution in [0.5, 0.6) is 0 Å². The normalized spacial score (nSPS) is 9.75. The molecule has 0 aliphatic rings. The summed E-state index contributed by atoms with van der Waals surface area (Å²) in [4.78, 5) is 8.58. The van der Waals surface area contributed by atoms with Crippen LogP contribution in [0.2, 0.25) is 0 Å². The summed E-state index contributed by atoms with van der Waals surface area (Å²) in [5, 5.41) is 0. The van der Waals surface area contributed by atoms with Gasteiger partial charge in [-0.15, -0.1) is 0 Å². The van der Waals surface area contributed by atoms with Gasteiger partial charge in [-0.3, -0.25) is 9.97 Å². The van der Waals surface area contributed by atoms with E-state index >= 15 is 0 Å². The maximum Gasteiger partial charge on any atom is 0.0892 e. The quantitative estimate of drug-likeness (QED) is 0.772. The standard InChI is InChI=1S/C14H12N2/c1-3-11-5-7-15-13(9-11)14-10-12(4-2)6-8-16-14/h3-10H,1-2H2. The minimum atomic E-state index is 0.848. The van der Waals surface area contributed by atoms with E-state index in [1.165, 1.54) is 0 Å². The average molecular weight is 208 g/mol. The third kappa shape index (κ3) is 2.06. The van der Waals surface area contributed by atoms with Crippen LogP contribution in [0.25, 0.3) is 23.5 Å². The first-order valence-corrected chi connectivity index (χ1v) is 5.01. The Bertz CT molecular complexity index is 480. The van der Waals surface area contributed by atoms with E-state index in [2.05, 4.69) is 23.1 Å². The maximum atomic E-state index is 4.29. The number of hydrogen-bond donors (Lipinski definition) is 0. The second-order valence-corrected chi connectivity index (χ2v) is 3.36. The molecule has 0 aromatic carbocycles. The SMILES string of the molecule is C=Cc1ccnc(-c2cc(C=C)ccn2)c1. The monoisotopic (exact) mass is 208 g/mol. The Labute approximate surface area is 95.0 Å². The van der Waals surface area contributed by atoms with E-state index in [-0.39, 0.29) is 0 Å². The molecule has 2 rings (SSSR count). The van der Waals surface area contributed by atoms with Gasteiger partial charge in [-0.1, -0.05) is 25.3 Å². The van der Waals surface area contributed by atoms with Crippen molar-refractivity contribution in [1.29, 1.82) is 0 Å². The van der Waals surface area contributed by atoms with Crippen LogP contribution in [0, 0.1) is 0 Å². The highest BCUT2D eigenvalue weighted by atomic mass is 14.8. The molecule has 0 aliphatic heterocycles. The van der Waals surface area contributed by atoms with E-state index in [1.807, 2.05) is 24.3 Å². The molecule has 2 heteroatoms. The van der Waals surface area contributed by atoms with Gasteiger partial charge in [-0.05, 0) is 35.4 Å². The average Bonchev–Trinajstić information content (AvgIpc) is 2.39. The zero-order valence-corrected chi connectivity index (χ0v) is 8.93. The van der Waals surface area contributed by atoms with Gasteiger partial charge in [0.05, 0.1) is 11.4 Å². The van der Waals surface area contributed by atoms with Crippen molar-refractivity contribution in [2.24, 2.45) is 0 Å². The Hall–Kier alpha value is -2.22. The fraction of sp³-hybridized carbons (Fsp3) is 0. The zero-order chi connectivity index (χ0) is 11.4. The molecule has 0 aliphatic carbocycles. The molecule has 0 amide bonds. The molecule has 0 radical (unpaired) electrons. The lowest BCUT2D eigenvalue weighted by Gasteiger charge is -2.02. The van der Waals surface area contributed by atoms with E-state index < -0.39 is 0 Å². The molecule has 0 saturated heterocycles. The first kappa shape index (κ1) is 10.3. The minimum absolute atomic E-state index is 0.848. The van der Waals surface area contributed by atoms with Crippen molar-refractivity contribution in [3.8, 4) is 11.4 Å². The van der Waals surface area contributed by atoms with E-state index in [4.69, 9.17) is 0 Å². The fourth-order valence-corrected chi connectivity index (χ4v) is 1.43. The molecule has 2 heterocycles. The van der Waals surface area contributed by atoms with Crippen molar-refractivity contribution < 1.29 is 0 Å². The molecule has 16 heavy (non-hydrogen) atoms. The van der Waals surface area contributed by atoms with Gasteiger partial charge in [-0.2, -0.15) is 0 Å². The lowest BCUT2D eigenvalue weighted by molar-refractivity contribution is 1.24. The summed E-state index contributed by atoms with van der Waals surface area (Å²) in [7, 11) is 0. The maximum absolute atomic E-state index is 4.29. The summed E-state index contributed by atoms with van der Waals surface area (Å²) in [5.74, 6) is 0. The van der Waals surface area contributed by atoms with Gasteiger partial charge >= 0.3 is 0 Å². The van der Waals surface area contributed by atoms with Crippen molar-refractivity contribution in [2.75, 3.05) is 0 Å². The number of aromatic nitrogens is 2. The largest absolute Gasteiger partial charge is 0.255 e. The van der Waals surface area contributed by atoms with Crippen molar-refractivity contribution >= 4 is 12.2 Å². The fourth-order valence-electron chi connectivity index (χ4n) is 1.43. The van der Waals surface area contributed by atoms with Crippen LogP contribution in [-0.2, 0) is 0 Å². The molecule has 2 aromatic rings. The first-order chi connectivity index (χ1) is 7.83. The molecule has 0 saturated carbocycles. The van der Waals surface area contributed by atoms with Crippen LogP contribution in [0.1, 0.15) is 11.1 Å². The molecule has 0 fully saturated rings. The van der Waals surface area contributed by atoms with Gasteiger partial charge in [0.2, 0.25) is 0 Å². The first-order valence-electron chi connectivity index (χ1n) is 5.01. The Morgan fingerprint density at radius 1 is 0.812 bits per heavy atom. The van der Waals surface area contributed by atoms with Crippen LogP contribution in [-0.4, -0.2) is 9.97 Å². The Balaban J connectivity index is 2.49. The molecule has 2 nitrogen and oxygen atoms in total. The van der Waals surface area contributed by atoms with Gasteiger partial charge in [0.25, 0.3) is 0 Å². The highest BCUT2D eigenvalue weighted by Gasteiger charge is 2.01. The van der Waals surface area contributed by atoms with E-state index in [1.54, 1.807) is 24.5 Å². The molecule has 0 bridgehead atoms.